The minimum absolute atomic E-state index is 0.0108. The molecule has 1 amide bonds. The number of rotatable bonds is 10. The van der Waals surface area contributed by atoms with Crippen LogP contribution >= 0.6 is 0 Å². The van der Waals surface area contributed by atoms with Gasteiger partial charge in [-0.3, -0.25) is 9.36 Å². The quantitative estimate of drug-likeness (QED) is 0.493. The highest BCUT2D eigenvalue weighted by Crippen LogP contribution is 2.18. The van der Waals surface area contributed by atoms with Crippen LogP contribution in [0.2, 0.25) is 0 Å². The van der Waals surface area contributed by atoms with E-state index in [1.807, 2.05) is 30.3 Å². The molecule has 3 N–H and O–H groups in total. The third-order valence-corrected chi connectivity index (χ3v) is 4.83. The summed E-state index contributed by atoms with van der Waals surface area (Å²) in [4.78, 5) is 37.4. The highest BCUT2D eigenvalue weighted by molar-refractivity contribution is 5.81. The van der Waals surface area contributed by atoms with Crippen molar-refractivity contribution >= 4 is 22.9 Å². The van der Waals surface area contributed by atoms with Crippen molar-refractivity contribution in [2.45, 2.75) is 46.2 Å². The van der Waals surface area contributed by atoms with E-state index >= 15 is 0 Å². The lowest BCUT2D eigenvalue weighted by atomic mass is 10.2. The fourth-order valence-electron chi connectivity index (χ4n) is 3.18. The highest BCUT2D eigenvalue weighted by atomic mass is 16.5. The summed E-state index contributed by atoms with van der Waals surface area (Å²) in [6.45, 7) is 5.54. The fourth-order valence-corrected chi connectivity index (χ4v) is 3.18. The van der Waals surface area contributed by atoms with Crippen LogP contribution in [0, 0.1) is 0 Å². The average Bonchev–Trinajstić information content (AvgIpc) is 3.04. The maximum atomic E-state index is 12.4. The summed E-state index contributed by atoms with van der Waals surface area (Å²) in [5.74, 6) is 0.167. The molecule has 9 nitrogen and oxygen atoms in total. The largest absolute Gasteiger partial charge is 0.463 e. The van der Waals surface area contributed by atoms with Crippen LogP contribution < -0.4 is 16.2 Å². The van der Waals surface area contributed by atoms with E-state index in [0.29, 0.717) is 43.8 Å². The molecule has 2 heterocycles. The molecule has 30 heavy (non-hydrogen) atoms. The van der Waals surface area contributed by atoms with Crippen molar-refractivity contribution in [2.24, 2.45) is 0 Å². The van der Waals surface area contributed by atoms with Gasteiger partial charge in [-0.05, 0) is 18.4 Å². The molecule has 0 unspecified atom stereocenters. The Labute approximate surface area is 174 Å². The molecule has 0 saturated heterocycles. The summed E-state index contributed by atoms with van der Waals surface area (Å²) in [5, 5.41) is 0. The van der Waals surface area contributed by atoms with Crippen LogP contribution in [0.1, 0.15) is 38.7 Å². The second-order valence-electron chi connectivity index (χ2n) is 7.15. The number of imidazole rings is 1. The molecule has 0 radical (unpaired) electrons. The van der Waals surface area contributed by atoms with Crippen molar-refractivity contribution < 1.29 is 9.53 Å². The molecule has 0 aliphatic carbocycles. The maximum absolute atomic E-state index is 12.4. The van der Waals surface area contributed by atoms with Gasteiger partial charge in [0.2, 0.25) is 5.91 Å². The molecular formula is C21H28N6O3. The van der Waals surface area contributed by atoms with Gasteiger partial charge in [-0.25, -0.2) is 4.79 Å². The van der Waals surface area contributed by atoms with E-state index in [1.165, 1.54) is 4.57 Å². The Bertz CT molecular complexity index is 1040. The average molecular weight is 412 g/mol. The van der Waals surface area contributed by atoms with E-state index in [-0.39, 0.29) is 23.4 Å². The third-order valence-electron chi connectivity index (χ3n) is 4.83. The topological polar surface area (TPSA) is 119 Å². The van der Waals surface area contributed by atoms with Crippen molar-refractivity contribution in [3.8, 4) is 6.01 Å². The van der Waals surface area contributed by atoms with Crippen LogP contribution in [0.4, 0.5) is 5.82 Å². The third kappa shape index (κ3) is 5.16. The first-order valence-electron chi connectivity index (χ1n) is 10.2. The Morgan fingerprint density at radius 1 is 1.23 bits per heavy atom. The Morgan fingerprint density at radius 2 is 2.00 bits per heavy atom. The minimum atomic E-state index is -0.311. The van der Waals surface area contributed by atoms with Gasteiger partial charge in [0.05, 0.1) is 6.61 Å². The number of hydrogen-bond acceptors (Lipinski definition) is 6. The number of nitrogens with one attached hydrogen (secondary N) is 1. The van der Waals surface area contributed by atoms with E-state index in [2.05, 4.69) is 21.9 Å². The Balaban J connectivity index is 1.72. The molecule has 160 valence electrons. The molecule has 0 aliphatic heterocycles. The lowest BCUT2D eigenvalue weighted by molar-refractivity contribution is -0.129. The van der Waals surface area contributed by atoms with E-state index < -0.39 is 0 Å². The molecule has 3 aromatic rings. The Morgan fingerprint density at radius 3 is 2.70 bits per heavy atom. The first kappa shape index (κ1) is 21.4. The highest BCUT2D eigenvalue weighted by Gasteiger charge is 2.15. The number of H-pyrrole nitrogens is 1. The van der Waals surface area contributed by atoms with Gasteiger partial charge in [-0.15, -0.1) is 0 Å². The van der Waals surface area contributed by atoms with Gasteiger partial charge in [0.15, 0.2) is 11.5 Å². The van der Waals surface area contributed by atoms with E-state index in [0.717, 1.165) is 18.4 Å². The van der Waals surface area contributed by atoms with Gasteiger partial charge in [0.25, 0.3) is 0 Å². The Kier molecular flexibility index (Phi) is 7.05. The number of aromatic amines is 1. The SMILES string of the molecule is CCCCOc1nc(N)c2[nH]c(=O)n(CCCN(Cc3ccccc3)C(C)=O)c2n1. The molecule has 1 aromatic carbocycles. The van der Waals surface area contributed by atoms with Gasteiger partial charge in [0.1, 0.15) is 5.52 Å². The van der Waals surface area contributed by atoms with E-state index in [4.69, 9.17) is 10.5 Å². The van der Waals surface area contributed by atoms with Crippen LogP contribution in [-0.4, -0.2) is 43.5 Å². The normalized spacial score (nSPS) is 11.0. The smallest absolute Gasteiger partial charge is 0.327 e. The van der Waals surface area contributed by atoms with Crippen LogP contribution in [0.3, 0.4) is 0 Å². The number of ether oxygens (including phenoxy) is 1. The van der Waals surface area contributed by atoms with Crippen LogP contribution in [-0.2, 0) is 17.9 Å². The number of nitrogen functional groups attached to an aromatic ring is 1. The van der Waals surface area contributed by atoms with Crippen molar-refractivity contribution in [3.05, 3.63) is 46.4 Å². The monoisotopic (exact) mass is 412 g/mol. The molecular weight excluding hydrogens is 384 g/mol. The molecule has 0 saturated carbocycles. The molecule has 0 spiro atoms. The van der Waals surface area contributed by atoms with Gasteiger partial charge in [-0.2, -0.15) is 9.97 Å². The van der Waals surface area contributed by atoms with Crippen LogP contribution in [0.25, 0.3) is 11.2 Å². The molecule has 0 fully saturated rings. The van der Waals surface area contributed by atoms with Gasteiger partial charge in [-0.1, -0.05) is 43.7 Å². The predicted octanol–water partition coefficient (Wildman–Crippen LogP) is 2.32. The zero-order valence-corrected chi connectivity index (χ0v) is 17.4. The minimum Gasteiger partial charge on any atom is -0.463 e. The lowest BCUT2D eigenvalue weighted by Crippen LogP contribution is -2.30. The summed E-state index contributed by atoms with van der Waals surface area (Å²) in [7, 11) is 0. The molecule has 2 aromatic heterocycles. The van der Waals surface area contributed by atoms with Crippen molar-refractivity contribution in [1.82, 2.24) is 24.4 Å². The zero-order chi connectivity index (χ0) is 21.5. The number of aromatic nitrogens is 4. The summed E-state index contributed by atoms with van der Waals surface area (Å²) in [5.41, 5.74) is 7.54. The first-order chi connectivity index (χ1) is 14.5. The number of fused-ring (bicyclic) bond motifs is 1. The predicted molar refractivity (Wildman–Crippen MR) is 115 cm³/mol. The molecule has 3 rings (SSSR count). The number of nitrogens with zero attached hydrogens (tertiary/aromatic N) is 4. The molecule has 0 bridgehead atoms. The number of nitrogens with two attached hydrogens (primary N) is 1. The number of carbonyl (C=O) groups is 1. The van der Waals surface area contributed by atoms with E-state index in [9.17, 15) is 9.59 Å². The lowest BCUT2D eigenvalue weighted by Gasteiger charge is -2.21. The standard InChI is InChI=1S/C21H28N6O3/c1-3-4-13-30-20-24-18(22)17-19(25-20)27(21(29)23-17)12-8-11-26(15(2)28)14-16-9-6-5-7-10-16/h5-7,9-10H,3-4,8,11-14H2,1-2H3,(H,23,29)(H2,22,24,25). The number of aryl methyl sites for hydroxylation is 1. The summed E-state index contributed by atoms with van der Waals surface area (Å²) in [6.07, 6.45) is 2.46. The van der Waals surface area contributed by atoms with Gasteiger partial charge < -0.3 is 20.4 Å². The van der Waals surface area contributed by atoms with Crippen LogP contribution in [0.15, 0.2) is 35.1 Å². The number of benzene rings is 1. The van der Waals surface area contributed by atoms with Crippen LogP contribution in [0.5, 0.6) is 6.01 Å². The molecule has 0 aliphatic rings. The second kappa shape index (κ2) is 9.91. The number of carbonyl (C=O) groups excluding carboxylic acids is 1. The van der Waals surface area contributed by atoms with E-state index in [1.54, 1.807) is 11.8 Å². The summed E-state index contributed by atoms with van der Waals surface area (Å²) in [6, 6.07) is 9.97. The maximum Gasteiger partial charge on any atom is 0.327 e. The number of amides is 1. The Hall–Kier alpha value is -3.36. The van der Waals surface area contributed by atoms with Crippen molar-refractivity contribution in [2.75, 3.05) is 18.9 Å². The first-order valence-corrected chi connectivity index (χ1v) is 10.2. The summed E-state index contributed by atoms with van der Waals surface area (Å²) < 4.78 is 7.07. The van der Waals surface area contributed by atoms with Gasteiger partial charge in [0, 0.05) is 26.6 Å². The van der Waals surface area contributed by atoms with Crippen molar-refractivity contribution in [3.63, 3.8) is 0 Å². The second-order valence-corrected chi connectivity index (χ2v) is 7.15. The van der Waals surface area contributed by atoms with Crippen molar-refractivity contribution in [1.29, 1.82) is 0 Å². The number of anilines is 1. The molecule has 9 heteroatoms. The number of hydrogen-bond donors (Lipinski definition) is 2. The summed E-state index contributed by atoms with van der Waals surface area (Å²) >= 11 is 0. The van der Waals surface area contributed by atoms with Gasteiger partial charge >= 0.3 is 11.7 Å². The molecule has 0 atom stereocenters. The number of unbranched alkanes of at least 4 members (excludes halogenated alkanes) is 1. The fraction of sp³-hybridized carbons (Fsp3) is 0.429. The zero-order valence-electron chi connectivity index (χ0n) is 17.4.